The van der Waals surface area contributed by atoms with Crippen LogP contribution in [-0.2, 0) is 5.11 Å². The Kier molecular flexibility index (Phi) is 5.56. The summed E-state index contributed by atoms with van der Waals surface area (Å²) in [6.07, 6.45) is 0.917. The quantitative estimate of drug-likeness (QED) is 0.606. The lowest BCUT2D eigenvalue weighted by atomic mass is 10.4. The molecular formula is C7H15N2O2. The van der Waals surface area contributed by atoms with E-state index in [1.54, 1.807) is 4.90 Å². The minimum atomic E-state index is -0.543. The Hall–Kier alpha value is -0.770. The van der Waals surface area contributed by atoms with Crippen LogP contribution in [0, 0.1) is 0 Å². The van der Waals surface area contributed by atoms with Gasteiger partial charge in [0.15, 0.2) is 6.73 Å². The van der Waals surface area contributed by atoms with Gasteiger partial charge < -0.3 is 10.2 Å². The normalized spacial score (nSPS) is 9.36. The summed E-state index contributed by atoms with van der Waals surface area (Å²) in [4.78, 5) is 12.6. The van der Waals surface area contributed by atoms with Crippen molar-refractivity contribution >= 4 is 6.03 Å². The van der Waals surface area contributed by atoms with Crippen molar-refractivity contribution < 1.29 is 9.90 Å². The van der Waals surface area contributed by atoms with Crippen molar-refractivity contribution in [2.24, 2.45) is 0 Å². The molecule has 4 heteroatoms. The Morgan fingerprint density at radius 3 is 2.45 bits per heavy atom. The molecule has 0 heterocycles. The maximum atomic E-state index is 11.0. The average molecular weight is 159 g/mol. The number of rotatable bonds is 4. The first-order chi connectivity index (χ1) is 5.26. The SMILES string of the molecule is CCCN(CC)C(=O)NC[O]. The van der Waals surface area contributed by atoms with Crippen molar-refractivity contribution in [2.75, 3.05) is 19.8 Å². The number of urea groups is 1. The fourth-order valence-corrected chi connectivity index (χ4v) is 0.847. The van der Waals surface area contributed by atoms with E-state index < -0.39 is 6.73 Å². The first-order valence-corrected chi connectivity index (χ1v) is 3.87. The second-order valence-corrected chi connectivity index (χ2v) is 2.21. The number of carbonyl (C=O) groups excluding carboxylic acids is 1. The monoisotopic (exact) mass is 159 g/mol. The molecule has 1 radical (unpaired) electrons. The minimum absolute atomic E-state index is 0.260. The van der Waals surface area contributed by atoms with Gasteiger partial charge in [0.1, 0.15) is 0 Å². The molecule has 0 aromatic carbocycles. The predicted octanol–water partition coefficient (Wildman–Crippen LogP) is 0.816. The van der Waals surface area contributed by atoms with Crippen LogP contribution in [0.15, 0.2) is 0 Å². The largest absolute Gasteiger partial charge is 0.325 e. The highest BCUT2D eigenvalue weighted by molar-refractivity contribution is 5.73. The summed E-state index contributed by atoms with van der Waals surface area (Å²) in [5.41, 5.74) is 0. The maximum absolute atomic E-state index is 11.0. The molecule has 0 fully saturated rings. The van der Waals surface area contributed by atoms with Crippen LogP contribution in [-0.4, -0.2) is 30.8 Å². The van der Waals surface area contributed by atoms with Crippen molar-refractivity contribution in [2.45, 2.75) is 20.3 Å². The van der Waals surface area contributed by atoms with Crippen molar-refractivity contribution in [3.05, 3.63) is 0 Å². The van der Waals surface area contributed by atoms with E-state index >= 15 is 0 Å². The molecule has 0 aliphatic carbocycles. The lowest BCUT2D eigenvalue weighted by Crippen LogP contribution is -2.40. The van der Waals surface area contributed by atoms with E-state index in [9.17, 15) is 9.90 Å². The lowest BCUT2D eigenvalue weighted by Gasteiger charge is -2.19. The van der Waals surface area contributed by atoms with Gasteiger partial charge in [-0.2, -0.15) is 0 Å². The third kappa shape index (κ3) is 3.83. The van der Waals surface area contributed by atoms with Crippen molar-refractivity contribution in [1.29, 1.82) is 0 Å². The smallest absolute Gasteiger partial charge is 0.319 e. The van der Waals surface area contributed by atoms with Gasteiger partial charge >= 0.3 is 6.03 Å². The molecule has 0 spiro atoms. The van der Waals surface area contributed by atoms with E-state index in [0.29, 0.717) is 13.1 Å². The first-order valence-electron chi connectivity index (χ1n) is 3.87. The van der Waals surface area contributed by atoms with Gasteiger partial charge in [-0.1, -0.05) is 6.92 Å². The first kappa shape index (κ1) is 10.2. The van der Waals surface area contributed by atoms with Crippen LogP contribution >= 0.6 is 0 Å². The van der Waals surface area contributed by atoms with Gasteiger partial charge in [-0.25, -0.2) is 9.90 Å². The maximum Gasteiger partial charge on any atom is 0.319 e. The van der Waals surface area contributed by atoms with Gasteiger partial charge in [0.25, 0.3) is 0 Å². The Balaban J connectivity index is 3.71. The highest BCUT2D eigenvalue weighted by atomic mass is 16.3. The van der Waals surface area contributed by atoms with E-state index in [4.69, 9.17) is 0 Å². The van der Waals surface area contributed by atoms with Gasteiger partial charge in [0.05, 0.1) is 0 Å². The van der Waals surface area contributed by atoms with Crippen LogP contribution in [0.25, 0.3) is 0 Å². The molecule has 1 N–H and O–H groups in total. The third-order valence-electron chi connectivity index (χ3n) is 1.39. The fraction of sp³-hybridized carbons (Fsp3) is 0.857. The van der Waals surface area contributed by atoms with Crippen LogP contribution in [0.3, 0.4) is 0 Å². The van der Waals surface area contributed by atoms with Crippen LogP contribution < -0.4 is 5.32 Å². The number of amides is 2. The summed E-state index contributed by atoms with van der Waals surface area (Å²) < 4.78 is 0. The second kappa shape index (κ2) is 5.97. The molecule has 0 bridgehead atoms. The molecule has 0 atom stereocenters. The molecule has 0 aliphatic heterocycles. The van der Waals surface area contributed by atoms with E-state index in [1.165, 1.54) is 0 Å². The number of nitrogens with one attached hydrogen (secondary N) is 1. The van der Waals surface area contributed by atoms with E-state index in [0.717, 1.165) is 6.42 Å². The standard InChI is InChI=1S/C7H15N2O2/c1-3-5-9(4-2)7(11)8-6-10/h3-6H2,1-2H3,(H,8,11). The molecule has 4 nitrogen and oxygen atoms in total. The predicted molar refractivity (Wildman–Crippen MR) is 41.6 cm³/mol. The highest BCUT2D eigenvalue weighted by Gasteiger charge is 2.07. The van der Waals surface area contributed by atoms with Gasteiger partial charge in [-0.15, -0.1) is 0 Å². The minimum Gasteiger partial charge on any atom is -0.325 e. The third-order valence-corrected chi connectivity index (χ3v) is 1.39. The molecule has 11 heavy (non-hydrogen) atoms. The molecule has 0 rings (SSSR count). The van der Waals surface area contributed by atoms with E-state index in [1.807, 2.05) is 13.8 Å². The Labute approximate surface area is 67.2 Å². The highest BCUT2D eigenvalue weighted by Crippen LogP contribution is 1.90. The zero-order valence-corrected chi connectivity index (χ0v) is 7.09. The summed E-state index contributed by atoms with van der Waals surface area (Å²) in [6.45, 7) is 4.70. The fourth-order valence-electron chi connectivity index (χ4n) is 0.847. The van der Waals surface area contributed by atoms with Crippen LogP contribution in [0.2, 0.25) is 0 Å². The number of carbonyl (C=O) groups is 1. The van der Waals surface area contributed by atoms with Crippen LogP contribution in [0.1, 0.15) is 20.3 Å². The van der Waals surface area contributed by atoms with Gasteiger partial charge in [0, 0.05) is 13.1 Å². The van der Waals surface area contributed by atoms with Gasteiger partial charge in [-0.3, -0.25) is 0 Å². The Morgan fingerprint density at radius 1 is 1.45 bits per heavy atom. The number of hydrogen-bond acceptors (Lipinski definition) is 1. The van der Waals surface area contributed by atoms with Crippen LogP contribution in [0.4, 0.5) is 4.79 Å². The molecule has 2 amide bonds. The molecule has 65 valence electrons. The van der Waals surface area contributed by atoms with Crippen molar-refractivity contribution in [3.8, 4) is 0 Å². The molecule has 0 aromatic rings. The molecule has 0 aliphatic rings. The van der Waals surface area contributed by atoms with Gasteiger partial charge in [-0.05, 0) is 13.3 Å². The zero-order valence-electron chi connectivity index (χ0n) is 7.09. The zero-order chi connectivity index (χ0) is 8.69. The Morgan fingerprint density at radius 2 is 2.09 bits per heavy atom. The summed E-state index contributed by atoms with van der Waals surface area (Å²) in [5.74, 6) is 0. The summed E-state index contributed by atoms with van der Waals surface area (Å²) in [6, 6.07) is -0.260. The molecule has 0 unspecified atom stereocenters. The molecular weight excluding hydrogens is 144 g/mol. The molecule has 0 saturated carbocycles. The van der Waals surface area contributed by atoms with E-state index in [2.05, 4.69) is 5.32 Å². The Bertz CT molecular complexity index is 117. The molecule has 0 aromatic heterocycles. The summed E-state index contributed by atoms with van der Waals surface area (Å²) in [7, 11) is 0. The number of nitrogens with zero attached hydrogens (tertiary/aromatic N) is 1. The summed E-state index contributed by atoms with van der Waals surface area (Å²) >= 11 is 0. The van der Waals surface area contributed by atoms with Gasteiger partial charge in [0.2, 0.25) is 0 Å². The second-order valence-electron chi connectivity index (χ2n) is 2.21. The topological polar surface area (TPSA) is 52.2 Å². The summed E-state index contributed by atoms with van der Waals surface area (Å²) in [5, 5.41) is 12.2. The number of hydrogen-bond donors (Lipinski definition) is 1. The van der Waals surface area contributed by atoms with Crippen molar-refractivity contribution in [3.63, 3.8) is 0 Å². The van der Waals surface area contributed by atoms with Crippen molar-refractivity contribution in [1.82, 2.24) is 10.2 Å². The average Bonchev–Trinajstić information content (AvgIpc) is 2.00. The lowest BCUT2D eigenvalue weighted by molar-refractivity contribution is 0.149. The van der Waals surface area contributed by atoms with E-state index in [-0.39, 0.29) is 6.03 Å². The van der Waals surface area contributed by atoms with Crippen LogP contribution in [0.5, 0.6) is 0 Å². The molecule has 0 saturated heterocycles.